The summed E-state index contributed by atoms with van der Waals surface area (Å²) in [5.41, 5.74) is 7.15. The molecule has 1 unspecified atom stereocenters. The number of hydrogen-bond donors (Lipinski definition) is 1. The monoisotopic (exact) mass is 276 g/mol. The summed E-state index contributed by atoms with van der Waals surface area (Å²) in [7, 11) is 0. The van der Waals surface area contributed by atoms with Crippen molar-refractivity contribution in [2.24, 2.45) is 11.7 Å². The Morgan fingerprint density at radius 1 is 1.11 bits per heavy atom. The van der Waals surface area contributed by atoms with Crippen molar-refractivity contribution in [1.29, 1.82) is 0 Å². The lowest BCUT2D eigenvalue weighted by molar-refractivity contribution is 0.318. The van der Waals surface area contributed by atoms with Gasteiger partial charge in [-0.2, -0.15) is 0 Å². The molecule has 1 heterocycles. The minimum absolute atomic E-state index is 0. The van der Waals surface area contributed by atoms with Crippen molar-refractivity contribution in [3.63, 3.8) is 0 Å². The predicted molar refractivity (Wildman–Crippen MR) is 83.6 cm³/mol. The van der Waals surface area contributed by atoms with E-state index in [1.165, 1.54) is 29.3 Å². The summed E-state index contributed by atoms with van der Waals surface area (Å²) < 4.78 is 0. The third kappa shape index (κ3) is 3.27. The second kappa shape index (κ2) is 6.38. The summed E-state index contributed by atoms with van der Waals surface area (Å²) in [5.74, 6) is 0.699. The first-order valence-electron chi connectivity index (χ1n) is 6.75. The Labute approximate surface area is 121 Å². The van der Waals surface area contributed by atoms with Crippen molar-refractivity contribution in [2.45, 2.75) is 13.0 Å². The molecule has 1 atom stereocenters. The SMILES string of the molecule is Cl.NCC1CCN(Cc2ccc3ccccc3c2)C1. The summed E-state index contributed by atoms with van der Waals surface area (Å²) in [4.78, 5) is 2.52. The number of nitrogens with two attached hydrogens (primary N) is 1. The zero-order chi connectivity index (χ0) is 12.4. The summed E-state index contributed by atoms with van der Waals surface area (Å²) >= 11 is 0. The third-order valence-corrected chi connectivity index (χ3v) is 3.92. The molecule has 2 N–H and O–H groups in total. The van der Waals surface area contributed by atoms with Crippen LogP contribution in [0.3, 0.4) is 0 Å². The smallest absolute Gasteiger partial charge is 0.0234 e. The van der Waals surface area contributed by atoms with Gasteiger partial charge in [0.05, 0.1) is 0 Å². The van der Waals surface area contributed by atoms with Crippen LogP contribution in [0.2, 0.25) is 0 Å². The molecule has 0 bridgehead atoms. The van der Waals surface area contributed by atoms with E-state index in [-0.39, 0.29) is 12.4 Å². The molecule has 1 aliphatic rings. The van der Waals surface area contributed by atoms with Crippen LogP contribution in [-0.2, 0) is 6.54 Å². The van der Waals surface area contributed by atoms with Crippen molar-refractivity contribution < 1.29 is 0 Å². The van der Waals surface area contributed by atoms with Gasteiger partial charge in [-0.15, -0.1) is 12.4 Å². The Morgan fingerprint density at radius 2 is 1.89 bits per heavy atom. The first kappa shape index (κ1) is 14.3. The first-order valence-corrected chi connectivity index (χ1v) is 6.75. The second-order valence-electron chi connectivity index (χ2n) is 5.31. The fraction of sp³-hybridized carbons (Fsp3) is 0.375. The molecule has 19 heavy (non-hydrogen) atoms. The quantitative estimate of drug-likeness (QED) is 0.934. The van der Waals surface area contributed by atoms with Gasteiger partial charge in [0.1, 0.15) is 0 Å². The molecule has 1 saturated heterocycles. The number of fused-ring (bicyclic) bond motifs is 1. The standard InChI is InChI=1S/C16H20N2.ClH/c17-10-14-7-8-18(12-14)11-13-5-6-15-3-1-2-4-16(15)9-13;/h1-6,9,14H,7-8,10-12,17H2;1H. The molecule has 0 spiro atoms. The van der Waals surface area contributed by atoms with Crippen molar-refractivity contribution >= 4 is 23.2 Å². The zero-order valence-corrected chi connectivity index (χ0v) is 11.9. The fourth-order valence-corrected chi connectivity index (χ4v) is 2.84. The van der Waals surface area contributed by atoms with Gasteiger partial charge in [-0.25, -0.2) is 0 Å². The van der Waals surface area contributed by atoms with E-state index < -0.39 is 0 Å². The van der Waals surface area contributed by atoms with Crippen molar-refractivity contribution in [3.8, 4) is 0 Å². The van der Waals surface area contributed by atoms with E-state index in [4.69, 9.17) is 5.73 Å². The Balaban J connectivity index is 0.00000133. The van der Waals surface area contributed by atoms with Gasteiger partial charge in [0.25, 0.3) is 0 Å². The normalized spacial score (nSPS) is 19.5. The molecular formula is C16H21ClN2. The van der Waals surface area contributed by atoms with Gasteiger partial charge in [0, 0.05) is 13.1 Å². The van der Waals surface area contributed by atoms with Crippen molar-refractivity contribution in [1.82, 2.24) is 4.90 Å². The molecule has 0 aliphatic carbocycles. The molecule has 1 aliphatic heterocycles. The van der Waals surface area contributed by atoms with Crippen LogP contribution in [0, 0.1) is 5.92 Å². The number of hydrogen-bond acceptors (Lipinski definition) is 2. The summed E-state index contributed by atoms with van der Waals surface area (Å²) in [5, 5.41) is 2.66. The van der Waals surface area contributed by atoms with Gasteiger partial charge in [-0.1, -0.05) is 36.4 Å². The molecule has 0 radical (unpaired) electrons. The molecule has 1 fully saturated rings. The predicted octanol–water partition coefficient (Wildman–Crippen LogP) is 3.04. The third-order valence-electron chi connectivity index (χ3n) is 3.92. The van der Waals surface area contributed by atoms with E-state index in [9.17, 15) is 0 Å². The maximum Gasteiger partial charge on any atom is 0.0234 e. The Morgan fingerprint density at radius 3 is 2.63 bits per heavy atom. The van der Waals surface area contributed by atoms with Crippen LogP contribution in [0.4, 0.5) is 0 Å². The highest BCUT2D eigenvalue weighted by Gasteiger charge is 2.20. The number of nitrogens with zero attached hydrogens (tertiary/aromatic N) is 1. The average molecular weight is 277 g/mol. The van der Waals surface area contributed by atoms with Gasteiger partial charge < -0.3 is 5.73 Å². The van der Waals surface area contributed by atoms with E-state index in [1.54, 1.807) is 0 Å². The van der Waals surface area contributed by atoms with Gasteiger partial charge in [-0.05, 0) is 47.8 Å². The van der Waals surface area contributed by atoms with Gasteiger partial charge in [-0.3, -0.25) is 4.90 Å². The van der Waals surface area contributed by atoms with E-state index in [0.29, 0.717) is 5.92 Å². The van der Waals surface area contributed by atoms with Crippen LogP contribution in [0.1, 0.15) is 12.0 Å². The van der Waals surface area contributed by atoms with Gasteiger partial charge >= 0.3 is 0 Å². The van der Waals surface area contributed by atoms with Crippen molar-refractivity contribution in [2.75, 3.05) is 19.6 Å². The van der Waals surface area contributed by atoms with E-state index in [0.717, 1.165) is 19.6 Å². The van der Waals surface area contributed by atoms with Crippen molar-refractivity contribution in [3.05, 3.63) is 48.0 Å². The largest absolute Gasteiger partial charge is 0.330 e. The average Bonchev–Trinajstić information content (AvgIpc) is 2.86. The number of rotatable bonds is 3. The maximum atomic E-state index is 5.74. The lowest BCUT2D eigenvalue weighted by Gasteiger charge is -2.16. The Kier molecular flexibility index (Phi) is 4.81. The molecule has 102 valence electrons. The van der Waals surface area contributed by atoms with Gasteiger partial charge in [0.15, 0.2) is 0 Å². The topological polar surface area (TPSA) is 29.3 Å². The molecule has 2 aromatic rings. The first-order chi connectivity index (χ1) is 8.85. The Hall–Kier alpha value is -1.09. The van der Waals surface area contributed by atoms with E-state index in [2.05, 4.69) is 47.4 Å². The lowest BCUT2D eigenvalue weighted by atomic mass is 10.1. The van der Waals surface area contributed by atoms with E-state index in [1.807, 2.05) is 0 Å². The molecule has 0 aromatic heterocycles. The van der Waals surface area contributed by atoms with Crippen LogP contribution < -0.4 is 5.73 Å². The van der Waals surface area contributed by atoms with Crippen LogP contribution >= 0.6 is 12.4 Å². The molecule has 2 nitrogen and oxygen atoms in total. The van der Waals surface area contributed by atoms with Crippen LogP contribution in [0.15, 0.2) is 42.5 Å². The highest BCUT2D eigenvalue weighted by molar-refractivity contribution is 5.85. The molecule has 0 amide bonds. The highest BCUT2D eigenvalue weighted by atomic mass is 35.5. The lowest BCUT2D eigenvalue weighted by Crippen LogP contribution is -2.22. The fourth-order valence-electron chi connectivity index (χ4n) is 2.84. The Bertz CT molecular complexity index is 541. The van der Waals surface area contributed by atoms with Crippen LogP contribution in [-0.4, -0.2) is 24.5 Å². The van der Waals surface area contributed by atoms with Crippen LogP contribution in [0.25, 0.3) is 10.8 Å². The summed E-state index contributed by atoms with van der Waals surface area (Å²) in [6.07, 6.45) is 1.25. The van der Waals surface area contributed by atoms with E-state index >= 15 is 0 Å². The number of benzene rings is 2. The minimum atomic E-state index is 0. The maximum absolute atomic E-state index is 5.74. The number of likely N-dealkylation sites (tertiary alicyclic amines) is 1. The van der Waals surface area contributed by atoms with Gasteiger partial charge in [0.2, 0.25) is 0 Å². The molecular weight excluding hydrogens is 256 g/mol. The number of halogens is 1. The second-order valence-corrected chi connectivity index (χ2v) is 5.31. The zero-order valence-electron chi connectivity index (χ0n) is 11.1. The van der Waals surface area contributed by atoms with Crippen LogP contribution in [0.5, 0.6) is 0 Å². The minimum Gasteiger partial charge on any atom is -0.330 e. The highest BCUT2D eigenvalue weighted by Crippen LogP contribution is 2.20. The molecule has 3 heteroatoms. The molecule has 0 saturated carbocycles. The summed E-state index contributed by atoms with van der Waals surface area (Å²) in [6, 6.07) is 15.3. The molecule has 2 aromatic carbocycles. The molecule has 3 rings (SSSR count). The summed E-state index contributed by atoms with van der Waals surface area (Å²) in [6.45, 7) is 4.23.